The van der Waals surface area contributed by atoms with Gasteiger partial charge < -0.3 is 10.5 Å². The van der Waals surface area contributed by atoms with E-state index in [9.17, 15) is 4.39 Å². The number of nitrogen functional groups attached to an aromatic ring is 1. The molecule has 0 aliphatic carbocycles. The first-order valence-electron chi connectivity index (χ1n) is 5.55. The minimum absolute atomic E-state index is 0.112. The molecule has 1 saturated heterocycles. The molecule has 3 N–H and O–H groups in total. The number of ether oxygens (including phenoxy) is 1. The summed E-state index contributed by atoms with van der Waals surface area (Å²) in [6.45, 7) is 0.816. The number of rotatable bonds is 4. The maximum Gasteiger partial charge on any atom is 0.137 e. The molecule has 0 radical (unpaired) electrons. The third-order valence-corrected chi connectivity index (χ3v) is 3.87. The van der Waals surface area contributed by atoms with Crippen LogP contribution in [-0.2, 0) is 4.74 Å². The molecule has 0 aromatic heterocycles. The van der Waals surface area contributed by atoms with E-state index in [4.69, 9.17) is 15.9 Å². The van der Waals surface area contributed by atoms with Gasteiger partial charge in [0.2, 0.25) is 0 Å². The average molecular weight is 254 g/mol. The molecule has 1 unspecified atom stereocenters. The number of thioether (sulfide) groups is 1. The SMILES string of the molecule is N=C(N)c1ccc(SCC2CCCO2)c(F)c1. The van der Waals surface area contributed by atoms with Crippen LogP contribution in [-0.4, -0.2) is 24.3 Å². The molecule has 1 aromatic carbocycles. The van der Waals surface area contributed by atoms with Crippen molar-refractivity contribution in [2.45, 2.75) is 23.8 Å². The lowest BCUT2D eigenvalue weighted by Crippen LogP contribution is -2.11. The molecule has 92 valence electrons. The second-order valence-corrected chi connectivity index (χ2v) is 5.07. The number of amidine groups is 1. The zero-order chi connectivity index (χ0) is 12.3. The van der Waals surface area contributed by atoms with Crippen LogP contribution in [0.2, 0.25) is 0 Å². The first kappa shape index (κ1) is 12.4. The Balaban J connectivity index is 1.98. The largest absolute Gasteiger partial charge is 0.384 e. The summed E-state index contributed by atoms with van der Waals surface area (Å²) in [5.41, 5.74) is 5.72. The van der Waals surface area contributed by atoms with Crippen molar-refractivity contribution >= 4 is 17.6 Å². The van der Waals surface area contributed by atoms with E-state index in [1.807, 2.05) is 0 Å². The topological polar surface area (TPSA) is 59.1 Å². The fourth-order valence-electron chi connectivity index (χ4n) is 1.74. The highest BCUT2D eigenvalue weighted by molar-refractivity contribution is 7.99. The smallest absolute Gasteiger partial charge is 0.137 e. The third-order valence-electron chi connectivity index (χ3n) is 2.69. The van der Waals surface area contributed by atoms with Crippen molar-refractivity contribution in [1.29, 1.82) is 5.41 Å². The Morgan fingerprint density at radius 3 is 3.00 bits per heavy atom. The van der Waals surface area contributed by atoms with Gasteiger partial charge in [0.25, 0.3) is 0 Å². The second kappa shape index (κ2) is 5.51. The maximum atomic E-state index is 13.7. The molecule has 17 heavy (non-hydrogen) atoms. The van der Waals surface area contributed by atoms with Crippen molar-refractivity contribution in [3.63, 3.8) is 0 Å². The van der Waals surface area contributed by atoms with E-state index in [0.717, 1.165) is 25.2 Å². The van der Waals surface area contributed by atoms with Crippen molar-refractivity contribution < 1.29 is 9.13 Å². The average Bonchev–Trinajstić information content (AvgIpc) is 2.80. The number of nitrogens with one attached hydrogen (secondary N) is 1. The first-order chi connectivity index (χ1) is 8.16. The predicted octanol–water partition coefficient (Wildman–Crippen LogP) is 2.38. The van der Waals surface area contributed by atoms with Crippen molar-refractivity contribution in [2.24, 2.45) is 5.73 Å². The highest BCUT2D eigenvalue weighted by Crippen LogP contribution is 2.26. The van der Waals surface area contributed by atoms with E-state index in [1.54, 1.807) is 12.1 Å². The molecule has 0 saturated carbocycles. The van der Waals surface area contributed by atoms with Crippen molar-refractivity contribution in [1.82, 2.24) is 0 Å². The molecular weight excluding hydrogens is 239 g/mol. The second-order valence-electron chi connectivity index (χ2n) is 4.00. The Kier molecular flexibility index (Phi) is 4.02. The number of benzene rings is 1. The minimum Gasteiger partial charge on any atom is -0.384 e. The molecule has 1 aliphatic heterocycles. The summed E-state index contributed by atoms with van der Waals surface area (Å²) in [6.07, 6.45) is 2.39. The van der Waals surface area contributed by atoms with Crippen LogP contribution in [0.3, 0.4) is 0 Å². The van der Waals surface area contributed by atoms with Crippen LogP contribution < -0.4 is 5.73 Å². The Bertz CT molecular complexity index is 419. The summed E-state index contributed by atoms with van der Waals surface area (Å²) in [6, 6.07) is 4.65. The van der Waals surface area contributed by atoms with E-state index in [-0.39, 0.29) is 17.8 Å². The van der Waals surface area contributed by atoms with Gasteiger partial charge in [-0.05, 0) is 31.0 Å². The molecule has 0 spiro atoms. The van der Waals surface area contributed by atoms with Crippen LogP contribution in [0.25, 0.3) is 0 Å². The summed E-state index contributed by atoms with van der Waals surface area (Å²) >= 11 is 1.45. The van der Waals surface area contributed by atoms with E-state index >= 15 is 0 Å². The molecule has 5 heteroatoms. The van der Waals surface area contributed by atoms with Gasteiger partial charge in [0, 0.05) is 22.8 Å². The molecular formula is C12H15FN2OS. The summed E-state index contributed by atoms with van der Waals surface area (Å²) in [7, 11) is 0. The fraction of sp³-hybridized carbons (Fsp3) is 0.417. The summed E-state index contributed by atoms with van der Waals surface area (Å²) in [5.74, 6) is 0.344. The van der Waals surface area contributed by atoms with Gasteiger partial charge in [0.1, 0.15) is 11.7 Å². The Morgan fingerprint density at radius 1 is 1.59 bits per heavy atom. The van der Waals surface area contributed by atoms with Gasteiger partial charge in [-0.25, -0.2) is 4.39 Å². The van der Waals surface area contributed by atoms with E-state index in [0.29, 0.717) is 10.5 Å². The van der Waals surface area contributed by atoms with Gasteiger partial charge in [-0.1, -0.05) is 0 Å². The third kappa shape index (κ3) is 3.20. The van der Waals surface area contributed by atoms with Crippen LogP contribution in [0, 0.1) is 11.2 Å². The number of hydrogen-bond donors (Lipinski definition) is 2. The van der Waals surface area contributed by atoms with E-state index in [2.05, 4.69) is 0 Å². The monoisotopic (exact) mass is 254 g/mol. The molecule has 3 nitrogen and oxygen atoms in total. The molecule has 0 bridgehead atoms. The number of halogens is 1. The summed E-state index contributed by atoms with van der Waals surface area (Å²) in [5, 5.41) is 7.22. The highest BCUT2D eigenvalue weighted by atomic mass is 32.2. The zero-order valence-electron chi connectivity index (χ0n) is 9.41. The molecule has 1 aromatic rings. The molecule has 1 heterocycles. The normalized spacial score (nSPS) is 19.5. The number of hydrogen-bond acceptors (Lipinski definition) is 3. The summed E-state index contributed by atoms with van der Waals surface area (Å²) < 4.78 is 19.1. The fourth-order valence-corrected chi connectivity index (χ4v) is 2.73. The van der Waals surface area contributed by atoms with Gasteiger partial charge in [-0.15, -0.1) is 11.8 Å². The molecule has 1 fully saturated rings. The lowest BCUT2D eigenvalue weighted by molar-refractivity contribution is 0.129. The van der Waals surface area contributed by atoms with Crippen LogP contribution in [0.15, 0.2) is 23.1 Å². The zero-order valence-corrected chi connectivity index (χ0v) is 10.2. The number of nitrogens with two attached hydrogens (primary N) is 1. The molecule has 1 atom stereocenters. The maximum absolute atomic E-state index is 13.7. The van der Waals surface area contributed by atoms with Gasteiger partial charge in [0.05, 0.1) is 6.10 Å². The van der Waals surface area contributed by atoms with Crippen molar-refractivity contribution in [3.05, 3.63) is 29.6 Å². The van der Waals surface area contributed by atoms with Gasteiger partial charge in [-0.2, -0.15) is 0 Å². The van der Waals surface area contributed by atoms with Crippen LogP contribution >= 0.6 is 11.8 Å². The Hall–Kier alpha value is -1.07. The van der Waals surface area contributed by atoms with E-state index in [1.165, 1.54) is 17.8 Å². The highest BCUT2D eigenvalue weighted by Gasteiger charge is 2.16. The minimum atomic E-state index is -0.319. The van der Waals surface area contributed by atoms with Gasteiger partial charge in [0.15, 0.2) is 0 Å². The lowest BCUT2D eigenvalue weighted by atomic mass is 10.2. The Labute approximate surface area is 104 Å². The van der Waals surface area contributed by atoms with E-state index < -0.39 is 0 Å². The van der Waals surface area contributed by atoms with Gasteiger partial charge in [-0.3, -0.25) is 5.41 Å². The summed E-state index contributed by atoms with van der Waals surface area (Å²) in [4.78, 5) is 0.588. The quantitative estimate of drug-likeness (QED) is 0.493. The molecule has 2 rings (SSSR count). The molecule has 1 aliphatic rings. The van der Waals surface area contributed by atoms with Crippen molar-refractivity contribution in [3.8, 4) is 0 Å². The lowest BCUT2D eigenvalue weighted by Gasteiger charge is -2.09. The standard InChI is InChI=1S/C12H15FN2OS/c13-10-6-8(12(14)15)3-4-11(10)17-7-9-2-1-5-16-9/h3-4,6,9H,1-2,5,7H2,(H3,14,15). The predicted molar refractivity (Wildman–Crippen MR) is 67.1 cm³/mol. The first-order valence-corrected chi connectivity index (χ1v) is 6.53. The van der Waals surface area contributed by atoms with Gasteiger partial charge >= 0.3 is 0 Å². The Morgan fingerprint density at radius 2 is 2.41 bits per heavy atom. The van der Waals surface area contributed by atoms with Crippen LogP contribution in [0.1, 0.15) is 18.4 Å². The molecule has 0 amide bonds. The van der Waals surface area contributed by atoms with Crippen LogP contribution in [0.4, 0.5) is 4.39 Å². The van der Waals surface area contributed by atoms with Crippen molar-refractivity contribution in [2.75, 3.05) is 12.4 Å². The van der Waals surface area contributed by atoms with Crippen LogP contribution in [0.5, 0.6) is 0 Å².